The van der Waals surface area contributed by atoms with Gasteiger partial charge in [-0.1, -0.05) is 170 Å². The molecular formula is C56H35NO2. The van der Waals surface area contributed by atoms with Crippen molar-refractivity contribution < 1.29 is 8.83 Å². The van der Waals surface area contributed by atoms with E-state index in [0.717, 1.165) is 83.2 Å². The highest BCUT2D eigenvalue weighted by Crippen LogP contribution is 2.50. The van der Waals surface area contributed by atoms with Crippen LogP contribution in [0.1, 0.15) is 0 Å². The SMILES string of the molecule is c1ccc(-c2ccc(N(c3cc4ccccc4c4ccccc34)c3ccc(-c4ccccc4-c4cccc5c4oc4ccccc45)c4oc5ccccc5c34)cc2)cc1. The summed E-state index contributed by atoms with van der Waals surface area (Å²) in [6.45, 7) is 0. The monoisotopic (exact) mass is 753 g/mol. The van der Waals surface area contributed by atoms with Gasteiger partial charge in [-0.25, -0.2) is 0 Å². The summed E-state index contributed by atoms with van der Waals surface area (Å²) in [6, 6.07) is 75.6. The summed E-state index contributed by atoms with van der Waals surface area (Å²) in [5.41, 5.74) is 13.2. The van der Waals surface area contributed by atoms with Gasteiger partial charge >= 0.3 is 0 Å². The molecule has 0 amide bonds. The molecule has 0 atom stereocenters. The quantitative estimate of drug-likeness (QED) is 0.158. The van der Waals surface area contributed by atoms with Crippen LogP contribution in [-0.4, -0.2) is 0 Å². The van der Waals surface area contributed by atoms with Gasteiger partial charge in [-0.2, -0.15) is 0 Å². The summed E-state index contributed by atoms with van der Waals surface area (Å²) in [4.78, 5) is 2.43. The lowest BCUT2D eigenvalue weighted by atomic mass is 9.91. The van der Waals surface area contributed by atoms with E-state index in [1.807, 2.05) is 12.1 Å². The maximum absolute atomic E-state index is 7.01. The van der Waals surface area contributed by atoms with E-state index in [9.17, 15) is 0 Å². The fraction of sp³-hybridized carbons (Fsp3) is 0. The number of hydrogen-bond acceptors (Lipinski definition) is 3. The molecule has 2 heterocycles. The molecule has 0 unspecified atom stereocenters. The number of nitrogens with zero attached hydrogens (tertiary/aromatic N) is 1. The minimum atomic E-state index is 0.837. The molecule has 0 fully saturated rings. The first-order chi connectivity index (χ1) is 29.3. The first kappa shape index (κ1) is 33.3. The van der Waals surface area contributed by atoms with E-state index in [4.69, 9.17) is 8.83 Å². The van der Waals surface area contributed by atoms with Gasteiger partial charge in [0.2, 0.25) is 0 Å². The molecule has 0 N–H and O–H groups in total. The fourth-order valence-electron chi connectivity index (χ4n) is 9.18. The van der Waals surface area contributed by atoms with E-state index in [-0.39, 0.29) is 0 Å². The van der Waals surface area contributed by atoms with Crippen LogP contribution < -0.4 is 4.90 Å². The summed E-state index contributed by atoms with van der Waals surface area (Å²) >= 11 is 0. The number of para-hydroxylation sites is 3. The standard InChI is InChI=1S/C56H35NO2/c1-2-15-36(16-3-1)37-29-31-39(32-30-37)57(51-35-38-17-4-5-18-40(38)41-19-8-9-22-44(41)51)50-34-33-48(56-54(50)49-24-11-13-28-53(49)59-56)43-21-7-6-20-42(43)46-25-14-26-47-45-23-10-12-27-52(45)58-55(46)47/h1-35H. The Morgan fingerprint density at radius 1 is 0.305 bits per heavy atom. The molecule has 10 aromatic carbocycles. The normalized spacial score (nSPS) is 11.7. The molecule has 0 aliphatic carbocycles. The predicted molar refractivity (Wildman–Crippen MR) is 247 cm³/mol. The highest BCUT2D eigenvalue weighted by Gasteiger charge is 2.25. The van der Waals surface area contributed by atoms with Gasteiger partial charge in [-0.3, -0.25) is 0 Å². The molecule has 0 bridgehead atoms. The lowest BCUT2D eigenvalue weighted by Gasteiger charge is -2.29. The second-order valence-electron chi connectivity index (χ2n) is 15.2. The van der Waals surface area contributed by atoms with Gasteiger partial charge in [0.15, 0.2) is 0 Å². The molecule has 0 saturated heterocycles. The van der Waals surface area contributed by atoms with Crippen molar-refractivity contribution in [2.24, 2.45) is 0 Å². The van der Waals surface area contributed by atoms with Crippen LogP contribution in [0.15, 0.2) is 221 Å². The Hall–Kier alpha value is -7.88. The van der Waals surface area contributed by atoms with Gasteiger partial charge in [-0.05, 0) is 80.9 Å². The highest BCUT2D eigenvalue weighted by molar-refractivity contribution is 6.21. The van der Waals surface area contributed by atoms with Crippen LogP contribution >= 0.6 is 0 Å². The number of benzene rings is 10. The highest BCUT2D eigenvalue weighted by atomic mass is 16.3. The van der Waals surface area contributed by atoms with Crippen LogP contribution in [0.2, 0.25) is 0 Å². The maximum atomic E-state index is 7.01. The zero-order chi connectivity index (χ0) is 38.9. The number of furan rings is 2. The van der Waals surface area contributed by atoms with Crippen molar-refractivity contribution in [3.8, 4) is 33.4 Å². The summed E-state index contributed by atoms with van der Waals surface area (Å²) in [7, 11) is 0. The van der Waals surface area contributed by atoms with Crippen LogP contribution in [0.5, 0.6) is 0 Å². The van der Waals surface area contributed by atoms with Crippen molar-refractivity contribution in [1.29, 1.82) is 0 Å². The third kappa shape index (κ3) is 5.29. The van der Waals surface area contributed by atoms with Crippen LogP contribution in [-0.2, 0) is 0 Å². The van der Waals surface area contributed by atoms with Gasteiger partial charge in [0, 0.05) is 38.4 Å². The zero-order valence-electron chi connectivity index (χ0n) is 32.0. The number of rotatable bonds is 6. The molecule has 12 rings (SSSR count). The minimum absolute atomic E-state index is 0.837. The van der Waals surface area contributed by atoms with Gasteiger partial charge in [0.05, 0.1) is 16.8 Å². The third-order valence-corrected chi connectivity index (χ3v) is 11.9. The van der Waals surface area contributed by atoms with Crippen molar-refractivity contribution in [2.45, 2.75) is 0 Å². The summed E-state index contributed by atoms with van der Waals surface area (Å²) in [5, 5.41) is 9.14. The first-order valence-corrected chi connectivity index (χ1v) is 20.1. The molecule has 0 radical (unpaired) electrons. The average Bonchev–Trinajstić information content (AvgIpc) is 3.89. The number of fused-ring (bicyclic) bond motifs is 9. The Kier molecular flexibility index (Phi) is 7.54. The van der Waals surface area contributed by atoms with E-state index in [0.29, 0.717) is 0 Å². The summed E-state index contributed by atoms with van der Waals surface area (Å²) in [5.74, 6) is 0. The van der Waals surface area contributed by atoms with Crippen LogP contribution in [0.4, 0.5) is 17.1 Å². The Balaban J connectivity index is 1.14. The first-order valence-electron chi connectivity index (χ1n) is 20.1. The Bertz CT molecular complexity index is 3560. The van der Waals surface area contributed by atoms with E-state index in [2.05, 4.69) is 205 Å². The van der Waals surface area contributed by atoms with E-state index in [1.165, 1.54) is 32.7 Å². The predicted octanol–water partition coefficient (Wildman–Crippen LogP) is 16.3. The van der Waals surface area contributed by atoms with Gasteiger partial charge < -0.3 is 13.7 Å². The molecule has 0 aliphatic rings. The number of anilines is 3. The molecule has 0 spiro atoms. The molecule has 12 aromatic rings. The maximum Gasteiger partial charge on any atom is 0.145 e. The zero-order valence-corrected chi connectivity index (χ0v) is 32.0. The smallest absolute Gasteiger partial charge is 0.145 e. The van der Waals surface area contributed by atoms with Gasteiger partial charge in [0.1, 0.15) is 22.3 Å². The molecule has 2 aromatic heterocycles. The second kappa shape index (κ2) is 13.4. The van der Waals surface area contributed by atoms with Gasteiger partial charge in [0.25, 0.3) is 0 Å². The third-order valence-electron chi connectivity index (χ3n) is 11.9. The van der Waals surface area contributed by atoms with Crippen molar-refractivity contribution in [2.75, 3.05) is 4.90 Å². The lowest BCUT2D eigenvalue weighted by molar-refractivity contribution is 0.669. The Morgan fingerprint density at radius 2 is 0.847 bits per heavy atom. The minimum Gasteiger partial charge on any atom is -0.455 e. The largest absolute Gasteiger partial charge is 0.455 e. The molecule has 59 heavy (non-hydrogen) atoms. The lowest BCUT2D eigenvalue weighted by Crippen LogP contribution is -2.11. The van der Waals surface area contributed by atoms with Crippen LogP contribution in [0, 0.1) is 0 Å². The van der Waals surface area contributed by atoms with Crippen molar-refractivity contribution in [3.63, 3.8) is 0 Å². The summed E-state index contributed by atoms with van der Waals surface area (Å²) < 4.78 is 13.6. The van der Waals surface area contributed by atoms with Crippen molar-refractivity contribution >= 4 is 82.5 Å². The van der Waals surface area contributed by atoms with Crippen LogP contribution in [0.3, 0.4) is 0 Å². The molecule has 3 nitrogen and oxygen atoms in total. The van der Waals surface area contributed by atoms with Crippen LogP contribution in [0.25, 0.3) is 98.8 Å². The van der Waals surface area contributed by atoms with Crippen molar-refractivity contribution in [1.82, 2.24) is 0 Å². The molecule has 0 saturated carbocycles. The molecule has 3 heteroatoms. The summed E-state index contributed by atoms with van der Waals surface area (Å²) in [6.07, 6.45) is 0. The molecular weight excluding hydrogens is 719 g/mol. The van der Waals surface area contributed by atoms with Crippen molar-refractivity contribution in [3.05, 3.63) is 212 Å². The Morgan fingerprint density at radius 3 is 1.63 bits per heavy atom. The van der Waals surface area contributed by atoms with Gasteiger partial charge in [-0.15, -0.1) is 0 Å². The average molecular weight is 754 g/mol. The van der Waals surface area contributed by atoms with E-state index in [1.54, 1.807) is 0 Å². The molecule has 276 valence electrons. The fourth-order valence-corrected chi connectivity index (χ4v) is 9.18. The Labute approximate surface area is 340 Å². The molecule has 0 aliphatic heterocycles. The second-order valence-corrected chi connectivity index (χ2v) is 15.2. The van der Waals surface area contributed by atoms with E-state index < -0.39 is 0 Å². The number of hydrogen-bond donors (Lipinski definition) is 0. The topological polar surface area (TPSA) is 29.5 Å². The van der Waals surface area contributed by atoms with E-state index >= 15 is 0 Å².